The number of aliphatic imine (C=N–C) groups is 1. The van der Waals surface area contributed by atoms with Crippen molar-refractivity contribution in [3.63, 3.8) is 0 Å². The number of rotatable bonds is 2. The Kier molecular flexibility index (Phi) is 3.31. The molecule has 0 fully saturated rings. The summed E-state index contributed by atoms with van der Waals surface area (Å²) in [6, 6.07) is 21.4. The van der Waals surface area contributed by atoms with E-state index in [2.05, 4.69) is 79.4 Å². The number of hydrazone groups is 1. The highest BCUT2D eigenvalue weighted by Gasteiger charge is 2.47. The van der Waals surface area contributed by atoms with E-state index in [1.807, 2.05) is 0 Å². The van der Waals surface area contributed by atoms with Gasteiger partial charge in [-0.05, 0) is 12.5 Å². The van der Waals surface area contributed by atoms with Gasteiger partial charge in [0.15, 0.2) is 0 Å². The van der Waals surface area contributed by atoms with Gasteiger partial charge in [-0.15, -0.1) is 0 Å². The Bertz CT molecular complexity index is 739. The summed E-state index contributed by atoms with van der Waals surface area (Å²) < 4.78 is 2.14. The summed E-state index contributed by atoms with van der Waals surface area (Å²) in [7, 11) is 1.57. The highest BCUT2D eigenvalue weighted by atomic mass is 31.1. The maximum absolute atomic E-state index is 5.14. The largest absolute Gasteiger partial charge is 0.273 e. The molecule has 0 bridgehead atoms. The van der Waals surface area contributed by atoms with Crippen molar-refractivity contribution >= 4 is 19.2 Å². The summed E-state index contributed by atoms with van der Waals surface area (Å²) in [5, 5.41) is 4.72. The highest BCUT2D eigenvalue weighted by Crippen LogP contribution is 2.61. The number of fused-ring (bicyclic) bond motifs is 1. The van der Waals surface area contributed by atoms with E-state index in [1.54, 1.807) is 0 Å². The van der Waals surface area contributed by atoms with Crippen LogP contribution in [0.4, 0.5) is 0 Å². The molecule has 110 valence electrons. The second kappa shape index (κ2) is 5.33. The molecule has 3 unspecified atom stereocenters. The summed E-state index contributed by atoms with van der Waals surface area (Å²) in [5.74, 6) is 0. The van der Waals surface area contributed by atoms with Crippen LogP contribution in [0.25, 0.3) is 0 Å². The Labute approximate surface area is 132 Å². The number of hydrogen-bond donors (Lipinski definition) is 0. The molecule has 0 saturated heterocycles. The Morgan fingerprint density at radius 1 is 0.955 bits per heavy atom. The number of nitrogens with zero attached hydrogens (tertiary/aromatic N) is 3. The van der Waals surface area contributed by atoms with Crippen LogP contribution in [-0.4, -0.2) is 28.7 Å². The second-order valence-corrected chi connectivity index (χ2v) is 7.94. The van der Waals surface area contributed by atoms with E-state index in [0.29, 0.717) is 5.66 Å². The average Bonchev–Trinajstić information content (AvgIpc) is 3.09. The molecule has 0 amide bonds. The van der Waals surface area contributed by atoms with Crippen LogP contribution in [-0.2, 0) is 0 Å². The Balaban J connectivity index is 1.82. The van der Waals surface area contributed by atoms with Crippen molar-refractivity contribution in [2.75, 3.05) is 7.05 Å². The van der Waals surface area contributed by atoms with Gasteiger partial charge in [-0.25, -0.2) is 0 Å². The first-order valence-corrected chi connectivity index (χ1v) is 8.88. The molecule has 0 N–H and O–H groups in total. The van der Waals surface area contributed by atoms with Crippen molar-refractivity contribution in [2.45, 2.75) is 18.6 Å². The monoisotopic (exact) mass is 307 g/mol. The summed E-state index contributed by atoms with van der Waals surface area (Å²) in [4.78, 5) is 5.14. The van der Waals surface area contributed by atoms with Crippen LogP contribution in [0.15, 0.2) is 70.8 Å². The molecule has 4 rings (SSSR count). The van der Waals surface area contributed by atoms with Crippen LogP contribution < -0.4 is 0 Å². The van der Waals surface area contributed by atoms with Crippen LogP contribution in [0.1, 0.15) is 24.1 Å². The second-order valence-electron chi connectivity index (χ2n) is 5.69. The van der Waals surface area contributed by atoms with Crippen molar-refractivity contribution in [1.29, 1.82) is 0 Å². The predicted octanol–water partition coefficient (Wildman–Crippen LogP) is 4.27. The highest BCUT2D eigenvalue weighted by molar-refractivity contribution is 7.76. The van der Waals surface area contributed by atoms with Crippen molar-refractivity contribution < 1.29 is 0 Å². The SMILES string of the molecule is CC1=NN(C)P2C(c3ccccc3)=NC(c3ccccc3)C12. The normalized spacial score (nSPS) is 26.6. The maximum Gasteiger partial charge on any atom is 0.0899 e. The molecule has 0 aliphatic carbocycles. The van der Waals surface area contributed by atoms with E-state index in [1.165, 1.54) is 22.3 Å². The molecule has 22 heavy (non-hydrogen) atoms. The summed E-state index contributed by atoms with van der Waals surface area (Å²) in [5.41, 5.74) is 5.34. The summed E-state index contributed by atoms with van der Waals surface area (Å²) in [6.07, 6.45) is 0. The van der Waals surface area contributed by atoms with E-state index in [9.17, 15) is 0 Å². The fourth-order valence-electron chi connectivity index (χ4n) is 3.29. The lowest BCUT2D eigenvalue weighted by molar-refractivity contribution is 0.612. The molecule has 0 aromatic heterocycles. The lowest BCUT2D eigenvalue weighted by Crippen LogP contribution is -2.18. The van der Waals surface area contributed by atoms with Gasteiger partial charge in [-0.3, -0.25) is 9.77 Å². The maximum atomic E-state index is 5.14. The predicted molar refractivity (Wildman–Crippen MR) is 93.7 cm³/mol. The van der Waals surface area contributed by atoms with E-state index >= 15 is 0 Å². The smallest absolute Gasteiger partial charge is 0.0899 e. The van der Waals surface area contributed by atoms with Gasteiger partial charge >= 0.3 is 0 Å². The topological polar surface area (TPSA) is 28.0 Å². The molecule has 3 nitrogen and oxygen atoms in total. The molecular weight excluding hydrogens is 289 g/mol. The molecule has 2 aromatic rings. The van der Waals surface area contributed by atoms with E-state index < -0.39 is 8.07 Å². The average molecular weight is 307 g/mol. The summed E-state index contributed by atoms with van der Waals surface area (Å²) >= 11 is 0. The minimum atomic E-state index is -0.517. The zero-order chi connectivity index (χ0) is 15.1. The first kappa shape index (κ1) is 13.7. The molecule has 2 aliphatic heterocycles. The van der Waals surface area contributed by atoms with Crippen LogP contribution in [0, 0.1) is 0 Å². The third kappa shape index (κ3) is 2.08. The van der Waals surface area contributed by atoms with Gasteiger partial charge in [0.25, 0.3) is 0 Å². The first-order chi connectivity index (χ1) is 10.8. The zero-order valence-corrected chi connectivity index (χ0v) is 13.6. The minimum absolute atomic E-state index is 0.191. The van der Waals surface area contributed by atoms with Gasteiger partial charge in [0.2, 0.25) is 0 Å². The van der Waals surface area contributed by atoms with Crippen LogP contribution in [0.3, 0.4) is 0 Å². The molecule has 2 heterocycles. The van der Waals surface area contributed by atoms with Gasteiger partial charge in [0, 0.05) is 18.3 Å². The fraction of sp³-hybridized carbons (Fsp3) is 0.222. The van der Waals surface area contributed by atoms with Crippen LogP contribution in [0.5, 0.6) is 0 Å². The first-order valence-electron chi connectivity index (χ1n) is 7.52. The molecular formula is C18H18N3P. The van der Waals surface area contributed by atoms with Gasteiger partial charge in [0.1, 0.15) is 0 Å². The van der Waals surface area contributed by atoms with Gasteiger partial charge in [-0.2, -0.15) is 5.10 Å². The molecule has 3 atom stereocenters. The standard InChI is InChI=1S/C18H18N3P/c1-13-17-16(14-9-5-3-6-10-14)19-18(22(17)21(2)20-13)15-11-7-4-8-12-15/h3-12,16-17H,1-2H3. The Hall–Kier alpha value is -1.99. The van der Waals surface area contributed by atoms with Crippen molar-refractivity contribution in [3.05, 3.63) is 71.8 Å². The quantitative estimate of drug-likeness (QED) is 0.761. The molecule has 0 saturated carbocycles. The van der Waals surface area contributed by atoms with Crippen molar-refractivity contribution in [2.24, 2.45) is 10.1 Å². The van der Waals surface area contributed by atoms with Gasteiger partial charge < -0.3 is 0 Å². The Morgan fingerprint density at radius 2 is 1.59 bits per heavy atom. The van der Waals surface area contributed by atoms with E-state index in [4.69, 9.17) is 10.1 Å². The van der Waals surface area contributed by atoms with Crippen molar-refractivity contribution in [3.8, 4) is 0 Å². The molecule has 4 heteroatoms. The number of benzene rings is 2. The van der Waals surface area contributed by atoms with Crippen LogP contribution >= 0.6 is 8.07 Å². The third-order valence-electron chi connectivity index (χ3n) is 4.26. The fourth-order valence-corrected chi connectivity index (χ4v) is 5.99. The van der Waals surface area contributed by atoms with Crippen molar-refractivity contribution in [1.82, 2.24) is 4.78 Å². The molecule has 0 spiro atoms. The van der Waals surface area contributed by atoms with E-state index in [-0.39, 0.29) is 6.04 Å². The lowest BCUT2D eigenvalue weighted by Gasteiger charge is -2.22. The Morgan fingerprint density at radius 3 is 2.27 bits per heavy atom. The van der Waals surface area contributed by atoms with E-state index in [0.717, 1.165) is 0 Å². The minimum Gasteiger partial charge on any atom is -0.273 e. The molecule has 2 aliphatic rings. The van der Waals surface area contributed by atoms with Crippen LogP contribution in [0.2, 0.25) is 0 Å². The van der Waals surface area contributed by atoms with Gasteiger partial charge in [0.05, 0.1) is 25.2 Å². The summed E-state index contributed by atoms with van der Waals surface area (Å²) in [6.45, 7) is 2.14. The molecule has 0 radical (unpaired) electrons. The van der Waals surface area contributed by atoms with Gasteiger partial charge in [-0.1, -0.05) is 60.7 Å². The number of hydrogen-bond acceptors (Lipinski definition) is 3. The zero-order valence-electron chi connectivity index (χ0n) is 12.7. The third-order valence-corrected chi connectivity index (χ3v) is 6.96. The lowest BCUT2D eigenvalue weighted by atomic mass is 10.0. The molecule has 2 aromatic carbocycles.